The van der Waals surface area contributed by atoms with Gasteiger partial charge in [0, 0.05) is 18.4 Å². The van der Waals surface area contributed by atoms with Crippen molar-refractivity contribution in [2.45, 2.75) is 45.7 Å². The molecule has 0 atom stereocenters. The average Bonchev–Trinajstić information content (AvgIpc) is 2.98. The minimum Gasteiger partial charge on any atom is -0.493 e. The summed E-state index contributed by atoms with van der Waals surface area (Å²) in [5.41, 5.74) is 1.04. The summed E-state index contributed by atoms with van der Waals surface area (Å²) >= 11 is 0. The van der Waals surface area contributed by atoms with Crippen molar-refractivity contribution in [1.82, 2.24) is 15.5 Å². The van der Waals surface area contributed by atoms with Crippen LogP contribution in [-0.2, 0) is 18.5 Å². The van der Waals surface area contributed by atoms with Gasteiger partial charge in [-0.15, -0.1) is 12.3 Å². The predicted molar refractivity (Wildman–Crippen MR) is 88.9 cm³/mol. The molecule has 1 N–H and O–H groups in total. The van der Waals surface area contributed by atoms with Crippen LogP contribution in [0, 0.1) is 12.3 Å². The Labute approximate surface area is 137 Å². The smallest absolute Gasteiger partial charge is 0.232 e. The zero-order valence-corrected chi connectivity index (χ0v) is 13.9. The zero-order valence-electron chi connectivity index (χ0n) is 13.9. The lowest BCUT2D eigenvalue weighted by atomic mass is 9.97. The van der Waals surface area contributed by atoms with Crippen molar-refractivity contribution in [2.75, 3.05) is 6.61 Å². The molecule has 23 heavy (non-hydrogen) atoms. The highest BCUT2D eigenvalue weighted by atomic mass is 16.5. The fourth-order valence-electron chi connectivity index (χ4n) is 1.88. The summed E-state index contributed by atoms with van der Waals surface area (Å²) < 4.78 is 10.8. The lowest BCUT2D eigenvalue weighted by Crippen LogP contribution is -2.15. The standard InChI is InChI=1S/C18H23N3O2/c1-5-6-11-22-15-9-7-14(8-10-15)12-19-13-16-20-17(23-21-16)18(2,3)4/h1,7-10,19H,6,11-13H2,2-4H3. The maximum absolute atomic E-state index is 5.51. The van der Waals surface area contributed by atoms with E-state index in [-0.39, 0.29) is 5.41 Å². The molecule has 0 unspecified atom stereocenters. The number of terminal acetylenes is 1. The van der Waals surface area contributed by atoms with Gasteiger partial charge >= 0.3 is 0 Å². The highest BCUT2D eigenvalue weighted by Crippen LogP contribution is 2.19. The lowest BCUT2D eigenvalue weighted by molar-refractivity contribution is 0.317. The minimum atomic E-state index is -0.125. The van der Waals surface area contributed by atoms with Crippen LogP contribution in [-0.4, -0.2) is 16.7 Å². The van der Waals surface area contributed by atoms with Crippen LogP contribution < -0.4 is 10.1 Å². The molecule has 1 aromatic carbocycles. The van der Waals surface area contributed by atoms with E-state index in [1.807, 2.05) is 45.0 Å². The summed E-state index contributed by atoms with van der Waals surface area (Å²) in [4.78, 5) is 4.39. The van der Waals surface area contributed by atoms with Crippen LogP contribution in [0.3, 0.4) is 0 Å². The number of nitrogens with one attached hydrogen (secondary N) is 1. The van der Waals surface area contributed by atoms with E-state index in [2.05, 4.69) is 21.4 Å². The van der Waals surface area contributed by atoms with Crippen molar-refractivity contribution < 1.29 is 9.26 Å². The van der Waals surface area contributed by atoms with Crippen molar-refractivity contribution in [2.24, 2.45) is 0 Å². The monoisotopic (exact) mass is 313 g/mol. The summed E-state index contributed by atoms with van der Waals surface area (Å²) in [6, 6.07) is 7.93. The maximum Gasteiger partial charge on any atom is 0.232 e. The van der Waals surface area contributed by atoms with Crippen LogP contribution >= 0.6 is 0 Å². The van der Waals surface area contributed by atoms with Crippen LogP contribution in [0.15, 0.2) is 28.8 Å². The molecule has 0 aliphatic heterocycles. The van der Waals surface area contributed by atoms with Gasteiger partial charge in [-0.25, -0.2) is 0 Å². The number of hydrogen-bond donors (Lipinski definition) is 1. The summed E-state index contributed by atoms with van der Waals surface area (Å²) in [6.07, 6.45) is 5.81. The Hall–Kier alpha value is -2.32. The molecular formula is C18H23N3O2. The third kappa shape index (κ3) is 5.42. The van der Waals surface area contributed by atoms with E-state index in [1.165, 1.54) is 0 Å². The Morgan fingerprint density at radius 2 is 1.96 bits per heavy atom. The lowest BCUT2D eigenvalue weighted by Gasteiger charge is -2.10. The molecule has 0 saturated carbocycles. The largest absolute Gasteiger partial charge is 0.493 e. The molecule has 2 rings (SSSR count). The molecule has 0 saturated heterocycles. The Morgan fingerprint density at radius 3 is 2.57 bits per heavy atom. The Balaban J connectivity index is 1.78. The SMILES string of the molecule is C#CCCOc1ccc(CNCc2noc(C(C)(C)C)n2)cc1. The van der Waals surface area contributed by atoms with E-state index in [9.17, 15) is 0 Å². The molecule has 0 fully saturated rings. The number of benzene rings is 1. The Morgan fingerprint density at radius 1 is 1.22 bits per heavy atom. The molecular weight excluding hydrogens is 290 g/mol. The molecule has 5 heteroatoms. The van der Waals surface area contributed by atoms with E-state index in [1.54, 1.807) is 0 Å². The van der Waals surface area contributed by atoms with Crippen molar-refractivity contribution in [3.63, 3.8) is 0 Å². The zero-order chi connectivity index (χ0) is 16.7. The predicted octanol–water partition coefficient (Wildman–Crippen LogP) is 3.06. The summed E-state index contributed by atoms with van der Waals surface area (Å²) in [6.45, 7) is 7.98. The fourth-order valence-corrected chi connectivity index (χ4v) is 1.88. The van der Waals surface area contributed by atoms with Crippen LogP contribution in [0.25, 0.3) is 0 Å². The first-order valence-corrected chi connectivity index (χ1v) is 7.68. The first-order valence-electron chi connectivity index (χ1n) is 7.68. The van der Waals surface area contributed by atoms with Crippen LogP contribution in [0.4, 0.5) is 0 Å². The van der Waals surface area contributed by atoms with Crippen molar-refractivity contribution >= 4 is 0 Å². The van der Waals surface area contributed by atoms with Gasteiger partial charge in [0.25, 0.3) is 0 Å². The molecule has 0 bridgehead atoms. The van der Waals surface area contributed by atoms with Crippen LogP contribution in [0.5, 0.6) is 5.75 Å². The molecule has 2 aromatic rings. The summed E-state index contributed by atoms with van der Waals surface area (Å²) in [7, 11) is 0. The summed E-state index contributed by atoms with van der Waals surface area (Å²) in [5, 5.41) is 7.29. The minimum absolute atomic E-state index is 0.125. The molecule has 0 aliphatic carbocycles. The highest BCUT2D eigenvalue weighted by molar-refractivity contribution is 5.27. The topological polar surface area (TPSA) is 60.2 Å². The van der Waals surface area contributed by atoms with Gasteiger partial charge in [-0.3, -0.25) is 0 Å². The van der Waals surface area contributed by atoms with Gasteiger partial charge in [-0.1, -0.05) is 38.1 Å². The van der Waals surface area contributed by atoms with Gasteiger partial charge in [0.15, 0.2) is 5.82 Å². The van der Waals surface area contributed by atoms with Crippen LogP contribution in [0.2, 0.25) is 0 Å². The van der Waals surface area contributed by atoms with Gasteiger partial charge in [0.1, 0.15) is 5.75 Å². The average molecular weight is 313 g/mol. The second kappa shape index (κ2) is 7.80. The number of nitrogens with zero attached hydrogens (tertiary/aromatic N) is 2. The Kier molecular flexibility index (Phi) is 5.78. The first kappa shape index (κ1) is 17.0. The van der Waals surface area contributed by atoms with Crippen LogP contribution in [0.1, 0.15) is 44.5 Å². The number of aromatic nitrogens is 2. The molecule has 0 amide bonds. The fraction of sp³-hybridized carbons (Fsp3) is 0.444. The van der Waals surface area contributed by atoms with E-state index >= 15 is 0 Å². The van der Waals surface area contributed by atoms with Crippen molar-refractivity contribution in [3.05, 3.63) is 41.5 Å². The third-order valence-electron chi connectivity index (χ3n) is 3.16. The molecule has 0 spiro atoms. The molecule has 1 heterocycles. The second-order valence-electron chi connectivity index (χ2n) is 6.32. The molecule has 0 aliphatic rings. The third-order valence-corrected chi connectivity index (χ3v) is 3.16. The van der Waals surface area contributed by atoms with Gasteiger partial charge in [0.05, 0.1) is 13.2 Å². The van der Waals surface area contributed by atoms with Gasteiger partial charge < -0.3 is 14.6 Å². The van der Waals surface area contributed by atoms with E-state index < -0.39 is 0 Å². The van der Waals surface area contributed by atoms with Gasteiger partial charge in [-0.2, -0.15) is 4.98 Å². The first-order chi connectivity index (χ1) is 11.0. The Bertz CT molecular complexity index is 648. The molecule has 1 aromatic heterocycles. The number of ether oxygens (including phenoxy) is 1. The normalized spacial score (nSPS) is 11.2. The molecule has 5 nitrogen and oxygen atoms in total. The van der Waals surface area contributed by atoms with Gasteiger partial charge in [-0.05, 0) is 17.7 Å². The molecule has 0 radical (unpaired) electrons. The van der Waals surface area contributed by atoms with Crippen molar-refractivity contribution in [3.8, 4) is 18.1 Å². The van der Waals surface area contributed by atoms with Crippen molar-refractivity contribution in [1.29, 1.82) is 0 Å². The number of hydrogen-bond acceptors (Lipinski definition) is 5. The van der Waals surface area contributed by atoms with E-state index in [0.29, 0.717) is 31.3 Å². The molecule has 122 valence electrons. The quantitative estimate of drug-likeness (QED) is 0.629. The maximum atomic E-state index is 5.51. The highest BCUT2D eigenvalue weighted by Gasteiger charge is 2.21. The second-order valence-corrected chi connectivity index (χ2v) is 6.32. The summed E-state index contributed by atoms with van der Waals surface area (Å²) in [5.74, 6) is 4.71. The van der Waals surface area contributed by atoms with E-state index in [0.717, 1.165) is 17.9 Å². The number of rotatable bonds is 7. The van der Waals surface area contributed by atoms with E-state index in [4.69, 9.17) is 15.7 Å². The van der Waals surface area contributed by atoms with Gasteiger partial charge in [0.2, 0.25) is 5.89 Å².